The van der Waals surface area contributed by atoms with Crippen LogP contribution in [0.3, 0.4) is 0 Å². The van der Waals surface area contributed by atoms with Gasteiger partial charge in [0.1, 0.15) is 7.05 Å². The number of fused-ring (bicyclic) bond motifs is 4. The monoisotopic (exact) mass is 425 g/mol. The lowest BCUT2D eigenvalue weighted by Crippen LogP contribution is -2.40. The van der Waals surface area contributed by atoms with Gasteiger partial charge in [-0.2, -0.15) is 4.57 Å². The number of nitrogens with zero attached hydrogens (tertiary/aromatic N) is 2. The molecule has 3 aromatic heterocycles. The first-order valence-corrected chi connectivity index (χ1v) is 14.4. The maximum Gasteiger partial charge on any atom is 0.227 e. The highest BCUT2D eigenvalue weighted by Gasteiger charge is 2.26. The summed E-state index contributed by atoms with van der Waals surface area (Å²) >= 11 is 0. The molecule has 0 atom stereocenters. The number of benzene rings is 2. The molecule has 2 aromatic carbocycles. The van der Waals surface area contributed by atoms with Crippen LogP contribution in [0.1, 0.15) is 16.7 Å². The molecule has 0 bridgehead atoms. The quantitative estimate of drug-likeness (QED) is 0.253. The molecule has 31 heavy (non-hydrogen) atoms. The molecule has 3 heterocycles. The molecule has 3 nitrogen and oxygen atoms in total. The van der Waals surface area contributed by atoms with Crippen molar-refractivity contribution in [1.82, 2.24) is 4.98 Å². The molecule has 156 valence electrons. The van der Waals surface area contributed by atoms with Gasteiger partial charge in [-0.15, -0.1) is 0 Å². The molecule has 0 fully saturated rings. The summed E-state index contributed by atoms with van der Waals surface area (Å²) < 4.78 is 8.68. The van der Waals surface area contributed by atoms with Crippen molar-refractivity contribution in [3.8, 4) is 11.3 Å². The molecule has 0 unspecified atom stereocenters. The van der Waals surface area contributed by atoms with E-state index in [9.17, 15) is 0 Å². The highest BCUT2D eigenvalue weighted by molar-refractivity contribution is 6.88. The predicted octanol–water partition coefficient (Wildman–Crippen LogP) is 6.10. The van der Waals surface area contributed by atoms with Crippen molar-refractivity contribution in [3.63, 3.8) is 0 Å². The number of aromatic nitrogens is 2. The third-order valence-electron chi connectivity index (χ3n) is 6.68. The van der Waals surface area contributed by atoms with Gasteiger partial charge in [0.25, 0.3) is 0 Å². The van der Waals surface area contributed by atoms with E-state index in [0.717, 1.165) is 16.4 Å². The van der Waals surface area contributed by atoms with Crippen LogP contribution < -0.4 is 9.75 Å². The van der Waals surface area contributed by atoms with Crippen LogP contribution in [0.25, 0.3) is 44.2 Å². The molecule has 0 aliphatic carbocycles. The highest BCUT2D eigenvalue weighted by atomic mass is 28.3. The fourth-order valence-electron chi connectivity index (χ4n) is 4.64. The molecular formula is C27H29N2OSi+. The minimum atomic E-state index is -1.41. The fraction of sp³-hybridized carbons (Fsp3) is 0.259. The average Bonchev–Trinajstić information content (AvgIpc) is 3.09. The third-order valence-corrected chi connectivity index (χ3v) is 8.72. The lowest BCUT2D eigenvalue weighted by Gasteiger charge is -2.17. The van der Waals surface area contributed by atoms with E-state index in [1.807, 2.05) is 6.07 Å². The molecule has 0 N–H and O–H groups in total. The number of hydrogen-bond donors (Lipinski definition) is 0. The van der Waals surface area contributed by atoms with E-state index >= 15 is 0 Å². The number of hydrogen-bond acceptors (Lipinski definition) is 2. The SMILES string of the molecule is Cc1cc2c(oc3ncccc32)c(-c2cc(C)c3ccc([Si](C)(C)C)cc3[n+]2C)c1C. The summed E-state index contributed by atoms with van der Waals surface area (Å²) in [5.41, 5.74) is 9.05. The van der Waals surface area contributed by atoms with E-state index in [-0.39, 0.29) is 0 Å². The molecule has 0 saturated heterocycles. The molecule has 0 aliphatic heterocycles. The van der Waals surface area contributed by atoms with Gasteiger partial charge in [0, 0.05) is 34.5 Å². The van der Waals surface area contributed by atoms with E-state index in [0.29, 0.717) is 5.71 Å². The molecular weight excluding hydrogens is 396 g/mol. The Labute approximate surface area is 184 Å². The molecule has 0 radical (unpaired) electrons. The fourth-order valence-corrected chi connectivity index (χ4v) is 5.79. The average molecular weight is 426 g/mol. The zero-order valence-corrected chi connectivity index (χ0v) is 20.4. The minimum absolute atomic E-state index is 0.699. The highest BCUT2D eigenvalue weighted by Crippen LogP contribution is 2.38. The standard InChI is InChI=1S/C27H29N2OSi/c1-16-13-22-21-9-8-12-28-27(21)30-26(22)25(18(16)3)24-14-17(2)20-11-10-19(31(5,6)7)15-23(20)29(24)4/h8-15H,1-7H3/q+1. The first kappa shape index (κ1) is 19.9. The third kappa shape index (κ3) is 3.00. The van der Waals surface area contributed by atoms with Crippen LogP contribution >= 0.6 is 0 Å². The molecule has 4 heteroatoms. The Morgan fingerprint density at radius 3 is 2.39 bits per heavy atom. The Hall–Kier alpha value is -2.98. The normalized spacial score (nSPS) is 12.4. The Balaban J connectivity index is 1.91. The second kappa shape index (κ2) is 6.76. The first-order valence-electron chi connectivity index (χ1n) is 10.9. The van der Waals surface area contributed by atoms with E-state index in [4.69, 9.17) is 4.42 Å². The van der Waals surface area contributed by atoms with E-state index in [2.05, 4.69) is 93.4 Å². The van der Waals surface area contributed by atoms with Crippen LogP contribution in [-0.2, 0) is 7.05 Å². The van der Waals surface area contributed by atoms with Gasteiger partial charge >= 0.3 is 0 Å². The second-order valence-corrected chi connectivity index (χ2v) is 14.9. The lowest BCUT2D eigenvalue weighted by atomic mass is 9.95. The maximum atomic E-state index is 6.34. The van der Waals surface area contributed by atoms with Crippen molar-refractivity contribution >= 4 is 46.2 Å². The summed E-state index contributed by atoms with van der Waals surface area (Å²) in [4.78, 5) is 4.47. The van der Waals surface area contributed by atoms with Crippen LogP contribution in [0.15, 0.2) is 53.1 Å². The lowest BCUT2D eigenvalue weighted by molar-refractivity contribution is -0.633. The van der Waals surface area contributed by atoms with Crippen LogP contribution in [0, 0.1) is 20.8 Å². The summed E-state index contributed by atoms with van der Waals surface area (Å²) in [6, 6.07) is 15.6. The van der Waals surface area contributed by atoms with Crippen molar-refractivity contribution < 1.29 is 8.98 Å². The topological polar surface area (TPSA) is 29.9 Å². The molecule has 0 amide bonds. The van der Waals surface area contributed by atoms with Gasteiger partial charge in [-0.3, -0.25) is 0 Å². The molecule has 0 saturated carbocycles. The summed E-state index contributed by atoms with van der Waals surface area (Å²) in [6.07, 6.45) is 1.79. The Morgan fingerprint density at radius 1 is 0.871 bits per heavy atom. The largest absolute Gasteiger partial charge is 0.437 e. The number of furan rings is 1. The van der Waals surface area contributed by atoms with Crippen molar-refractivity contribution in [1.29, 1.82) is 0 Å². The predicted molar refractivity (Wildman–Crippen MR) is 133 cm³/mol. The minimum Gasteiger partial charge on any atom is -0.437 e. The van der Waals surface area contributed by atoms with Gasteiger partial charge in [0.15, 0.2) is 5.58 Å². The van der Waals surface area contributed by atoms with Crippen molar-refractivity contribution in [2.75, 3.05) is 0 Å². The van der Waals surface area contributed by atoms with Gasteiger partial charge < -0.3 is 4.42 Å². The van der Waals surface area contributed by atoms with Crippen LogP contribution in [0.2, 0.25) is 19.6 Å². The number of rotatable bonds is 2. The summed E-state index contributed by atoms with van der Waals surface area (Å²) in [5, 5.41) is 4.99. The van der Waals surface area contributed by atoms with Crippen molar-refractivity contribution in [2.24, 2.45) is 7.05 Å². The molecule has 0 aliphatic rings. The van der Waals surface area contributed by atoms with Crippen LogP contribution in [0.4, 0.5) is 0 Å². The molecule has 5 rings (SSSR count). The van der Waals surface area contributed by atoms with Gasteiger partial charge in [-0.25, -0.2) is 4.98 Å². The Bertz CT molecular complexity index is 1510. The smallest absolute Gasteiger partial charge is 0.227 e. The molecule has 5 aromatic rings. The number of aryl methyl sites for hydroxylation is 3. The van der Waals surface area contributed by atoms with Gasteiger partial charge in [-0.05, 0) is 61.7 Å². The van der Waals surface area contributed by atoms with Gasteiger partial charge in [-0.1, -0.05) is 30.9 Å². The zero-order valence-electron chi connectivity index (χ0n) is 19.4. The van der Waals surface area contributed by atoms with E-state index in [1.165, 1.54) is 44.0 Å². The maximum absolute atomic E-state index is 6.34. The van der Waals surface area contributed by atoms with E-state index in [1.54, 1.807) is 6.20 Å². The first-order chi connectivity index (χ1) is 14.7. The van der Waals surface area contributed by atoms with Crippen LogP contribution in [-0.4, -0.2) is 13.1 Å². The van der Waals surface area contributed by atoms with Crippen molar-refractivity contribution in [2.45, 2.75) is 40.4 Å². The van der Waals surface area contributed by atoms with Gasteiger partial charge in [0.2, 0.25) is 16.9 Å². The second-order valence-electron chi connectivity index (χ2n) is 9.78. The van der Waals surface area contributed by atoms with Crippen molar-refractivity contribution in [3.05, 3.63) is 65.4 Å². The Kier molecular flexibility index (Phi) is 4.35. The van der Waals surface area contributed by atoms with Gasteiger partial charge in [0.05, 0.1) is 13.6 Å². The number of pyridine rings is 2. The summed E-state index contributed by atoms with van der Waals surface area (Å²) in [6.45, 7) is 13.8. The molecule has 0 spiro atoms. The summed E-state index contributed by atoms with van der Waals surface area (Å²) in [7, 11) is 0.767. The van der Waals surface area contributed by atoms with Crippen LogP contribution in [0.5, 0.6) is 0 Å². The van der Waals surface area contributed by atoms with E-state index < -0.39 is 8.07 Å². The Morgan fingerprint density at radius 2 is 1.65 bits per heavy atom. The summed E-state index contributed by atoms with van der Waals surface area (Å²) in [5.74, 6) is 0. The zero-order chi connectivity index (χ0) is 22.1.